The number of rotatable bonds is 4. The van der Waals surface area contributed by atoms with E-state index in [4.69, 9.17) is 5.73 Å². The van der Waals surface area contributed by atoms with Gasteiger partial charge in [0.2, 0.25) is 0 Å². The highest BCUT2D eigenvalue weighted by atomic mass is 35.5. The Labute approximate surface area is 97.4 Å². The number of halogens is 3. The number of nitrogens with zero attached hydrogens (tertiary/aromatic N) is 2. The van der Waals surface area contributed by atoms with Gasteiger partial charge < -0.3 is 15.6 Å². The maximum absolute atomic E-state index is 12.7. The molecule has 1 aromatic heterocycles. The highest BCUT2D eigenvalue weighted by molar-refractivity contribution is 5.92. The summed E-state index contributed by atoms with van der Waals surface area (Å²) in [5.74, 6) is -3.67. The molecule has 0 saturated heterocycles. The first kappa shape index (κ1) is 14.8. The van der Waals surface area contributed by atoms with Gasteiger partial charge in [-0.25, -0.2) is 13.8 Å². The topological polar surface area (TPSA) is 72.9 Å². The van der Waals surface area contributed by atoms with Crippen LogP contribution in [0.25, 0.3) is 0 Å². The average molecular weight is 255 g/mol. The SMILES string of the molecule is Cl.Cn1cncc1C(=O)NCC(F)(F)CN. The molecule has 0 aliphatic carbocycles. The van der Waals surface area contributed by atoms with Gasteiger partial charge in [-0.3, -0.25) is 4.79 Å². The van der Waals surface area contributed by atoms with Crippen LogP contribution in [0.2, 0.25) is 0 Å². The van der Waals surface area contributed by atoms with Crippen molar-refractivity contribution in [2.45, 2.75) is 5.92 Å². The van der Waals surface area contributed by atoms with Gasteiger partial charge in [0.25, 0.3) is 11.8 Å². The molecule has 0 spiro atoms. The molecule has 0 fully saturated rings. The molecule has 0 atom stereocenters. The van der Waals surface area contributed by atoms with Crippen molar-refractivity contribution >= 4 is 18.3 Å². The number of alkyl halides is 2. The van der Waals surface area contributed by atoms with Crippen LogP contribution in [0.5, 0.6) is 0 Å². The molecular formula is C8H13ClF2N4O. The highest BCUT2D eigenvalue weighted by Crippen LogP contribution is 2.09. The Morgan fingerprint density at radius 3 is 2.75 bits per heavy atom. The first-order valence-corrected chi connectivity index (χ1v) is 4.29. The van der Waals surface area contributed by atoms with E-state index in [9.17, 15) is 13.6 Å². The van der Waals surface area contributed by atoms with Crippen LogP contribution in [0.3, 0.4) is 0 Å². The standard InChI is InChI=1S/C8H12F2N4O.ClH/c1-14-5-12-2-6(14)7(15)13-4-8(9,10)3-11;/h2,5H,3-4,11H2,1H3,(H,13,15);1H. The van der Waals surface area contributed by atoms with Crippen molar-refractivity contribution in [3.8, 4) is 0 Å². The fourth-order valence-electron chi connectivity index (χ4n) is 0.948. The number of nitrogens with one attached hydrogen (secondary N) is 1. The molecule has 1 amide bonds. The van der Waals surface area contributed by atoms with Crippen molar-refractivity contribution in [1.82, 2.24) is 14.9 Å². The minimum atomic E-state index is -3.08. The first-order chi connectivity index (χ1) is 6.96. The number of nitrogens with two attached hydrogens (primary N) is 1. The van der Waals surface area contributed by atoms with E-state index in [0.717, 1.165) is 0 Å². The van der Waals surface area contributed by atoms with Gasteiger partial charge in [-0.2, -0.15) is 0 Å². The molecule has 16 heavy (non-hydrogen) atoms. The van der Waals surface area contributed by atoms with Crippen molar-refractivity contribution in [3.05, 3.63) is 18.2 Å². The second kappa shape index (κ2) is 5.76. The minimum Gasteiger partial charge on any atom is -0.345 e. The molecule has 8 heteroatoms. The monoisotopic (exact) mass is 254 g/mol. The van der Waals surface area contributed by atoms with Gasteiger partial charge in [0.15, 0.2) is 0 Å². The average Bonchev–Trinajstić information content (AvgIpc) is 2.61. The van der Waals surface area contributed by atoms with Crippen LogP contribution in [-0.2, 0) is 7.05 Å². The predicted molar refractivity (Wildman–Crippen MR) is 56.8 cm³/mol. The number of imidazole rings is 1. The summed E-state index contributed by atoms with van der Waals surface area (Å²) in [7, 11) is 1.60. The predicted octanol–water partition coefficient (Wildman–Crippen LogP) is 0.166. The normalized spacial score (nSPS) is 10.8. The van der Waals surface area contributed by atoms with Gasteiger partial charge in [0, 0.05) is 7.05 Å². The first-order valence-electron chi connectivity index (χ1n) is 4.29. The number of amides is 1. The van der Waals surface area contributed by atoms with Gasteiger partial charge >= 0.3 is 0 Å². The Bertz CT molecular complexity index is 356. The number of aryl methyl sites for hydroxylation is 1. The maximum Gasteiger partial charge on any atom is 0.277 e. The molecule has 0 saturated carbocycles. The third-order valence-corrected chi connectivity index (χ3v) is 1.86. The Morgan fingerprint density at radius 2 is 2.31 bits per heavy atom. The van der Waals surface area contributed by atoms with E-state index < -0.39 is 24.9 Å². The van der Waals surface area contributed by atoms with E-state index in [2.05, 4.69) is 10.3 Å². The molecule has 0 aliphatic heterocycles. The Kier molecular flexibility index (Phi) is 5.32. The summed E-state index contributed by atoms with van der Waals surface area (Å²) in [5, 5.41) is 2.09. The number of aromatic nitrogens is 2. The van der Waals surface area contributed by atoms with Crippen molar-refractivity contribution in [2.24, 2.45) is 12.8 Å². The lowest BCUT2D eigenvalue weighted by Gasteiger charge is -2.14. The molecule has 0 bridgehead atoms. The van der Waals surface area contributed by atoms with Crippen molar-refractivity contribution < 1.29 is 13.6 Å². The Hall–Kier alpha value is -1.21. The van der Waals surface area contributed by atoms with Crippen molar-refractivity contribution in [1.29, 1.82) is 0 Å². The van der Waals surface area contributed by atoms with Crippen molar-refractivity contribution in [2.75, 3.05) is 13.1 Å². The van der Waals surface area contributed by atoms with Gasteiger partial charge in [-0.15, -0.1) is 12.4 Å². The number of carbonyl (C=O) groups is 1. The molecule has 1 aromatic rings. The molecule has 92 valence electrons. The van der Waals surface area contributed by atoms with Crippen molar-refractivity contribution in [3.63, 3.8) is 0 Å². The molecule has 5 nitrogen and oxygen atoms in total. The van der Waals surface area contributed by atoms with E-state index in [-0.39, 0.29) is 18.1 Å². The van der Waals surface area contributed by atoms with Crippen LogP contribution >= 0.6 is 12.4 Å². The van der Waals surface area contributed by atoms with Crippen LogP contribution in [0, 0.1) is 0 Å². The summed E-state index contributed by atoms with van der Waals surface area (Å²) in [5.41, 5.74) is 5.05. The second-order valence-corrected chi connectivity index (χ2v) is 3.13. The fraction of sp³-hybridized carbons (Fsp3) is 0.500. The summed E-state index contributed by atoms with van der Waals surface area (Å²) in [6.45, 7) is -1.56. The summed E-state index contributed by atoms with van der Waals surface area (Å²) in [6, 6.07) is 0. The Morgan fingerprint density at radius 1 is 1.69 bits per heavy atom. The molecule has 1 rings (SSSR count). The van der Waals surface area contributed by atoms with Gasteiger partial charge in [0.1, 0.15) is 5.69 Å². The number of hydrogen-bond donors (Lipinski definition) is 2. The molecule has 0 aromatic carbocycles. The van der Waals surface area contributed by atoms with Crippen LogP contribution in [0.4, 0.5) is 8.78 Å². The lowest BCUT2D eigenvalue weighted by molar-refractivity contribution is 0.0117. The van der Waals surface area contributed by atoms with Gasteiger partial charge in [-0.1, -0.05) is 0 Å². The summed E-state index contributed by atoms with van der Waals surface area (Å²) in [4.78, 5) is 15.0. The maximum atomic E-state index is 12.7. The number of carbonyl (C=O) groups excluding carboxylic acids is 1. The van der Waals surface area contributed by atoms with Crippen LogP contribution in [-0.4, -0.2) is 34.5 Å². The van der Waals surface area contributed by atoms with Gasteiger partial charge in [0.05, 0.1) is 25.6 Å². The van der Waals surface area contributed by atoms with Crippen LogP contribution in [0.1, 0.15) is 10.5 Å². The zero-order valence-corrected chi connectivity index (χ0v) is 9.43. The second-order valence-electron chi connectivity index (χ2n) is 3.13. The van der Waals surface area contributed by atoms with Gasteiger partial charge in [-0.05, 0) is 0 Å². The molecule has 1 heterocycles. The largest absolute Gasteiger partial charge is 0.345 e. The smallest absolute Gasteiger partial charge is 0.277 e. The third kappa shape index (κ3) is 3.74. The lowest BCUT2D eigenvalue weighted by atomic mass is 10.3. The van der Waals surface area contributed by atoms with E-state index in [1.807, 2.05) is 0 Å². The van der Waals surface area contributed by atoms with Crippen LogP contribution in [0.15, 0.2) is 12.5 Å². The molecule has 3 N–H and O–H groups in total. The fourth-order valence-corrected chi connectivity index (χ4v) is 0.948. The van der Waals surface area contributed by atoms with E-state index >= 15 is 0 Å². The highest BCUT2D eigenvalue weighted by Gasteiger charge is 2.27. The zero-order chi connectivity index (χ0) is 11.5. The summed E-state index contributed by atoms with van der Waals surface area (Å²) >= 11 is 0. The molecule has 0 radical (unpaired) electrons. The molecular weight excluding hydrogens is 242 g/mol. The van der Waals surface area contributed by atoms with E-state index in [0.29, 0.717) is 0 Å². The summed E-state index contributed by atoms with van der Waals surface area (Å²) < 4.78 is 26.8. The molecule has 0 unspecified atom stereocenters. The zero-order valence-electron chi connectivity index (χ0n) is 8.61. The van der Waals surface area contributed by atoms with E-state index in [1.54, 1.807) is 7.05 Å². The summed E-state index contributed by atoms with van der Waals surface area (Å²) in [6.07, 6.45) is 2.71. The van der Waals surface area contributed by atoms with Crippen LogP contribution < -0.4 is 11.1 Å². The molecule has 0 aliphatic rings. The quantitative estimate of drug-likeness (QED) is 0.804. The lowest BCUT2D eigenvalue weighted by Crippen LogP contribution is -2.41. The van der Waals surface area contributed by atoms with E-state index in [1.165, 1.54) is 17.1 Å². The Balaban J connectivity index is 0.00000225. The number of hydrogen-bond acceptors (Lipinski definition) is 3. The minimum absolute atomic E-state index is 0. The third-order valence-electron chi connectivity index (χ3n) is 1.86.